The lowest BCUT2D eigenvalue weighted by Gasteiger charge is -2.32. The number of benzene rings is 1. The van der Waals surface area contributed by atoms with Gasteiger partial charge in [0, 0.05) is 13.1 Å². The van der Waals surface area contributed by atoms with Crippen molar-refractivity contribution in [2.75, 3.05) is 19.6 Å². The smallest absolute Gasteiger partial charge is 0.408 e. The van der Waals surface area contributed by atoms with Crippen molar-refractivity contribution in [3.8, 4) is 5.75 Å². The maximum absolute atomic E-state index is 13.4. The van der Waals surface area contributed by atoms with Crippen molar-refractivity contribution in [1.82, 2.24) is 15.5 Å². The van der Waals surface area contributed by atoms with Crippen molar-refractivity contribution >= 4 is 17.9 Å². The summed E-state index contributed by atoms with van der Waals surface area (Å²) >= 11 is 0. The van der Waals surface area contributed by atoms with Crippen LogP contribution in [0.5, 0.6) is 5.75 Å². The number of nitrogens with zero attached hydrogens (tertiary/aromatic N) is 1. The van der Waals surface area contributed by atoms with Gasteiger partial charge < -0.3 is 25.4 Å². The molecule has 1 aromatic rings. The van der Waals surface area contributed by atoms with Crippen molar-refractivity contribution in [2.45, 2.75) is 104 Å². The molecule has 3 amide bonds. The second-order valence-electron chi connectivity index (χ2n) is 10.2. The van der Waals surface area contributed by atoms with Gasteiger partial charge in [0.25, 0.3) is 0 Å². The predicted molar refractivity (Wildman–Crippen MR) is 143 cm³/mol. The number of phenolic OH excluding ortho intramolecular Hbond substituents is 1. The molecule has 1 atom stereocenters. The van der Waals surface area contributed by atoms with Crippen LogP contribution in [0.2, 0.25) is 0 Å². The summed E-state index contributed by atoms with van der Waals surface area (Å²) in [6.45, 7) is 10.1. The lowest BCUT2D eigenvalue weighted by molar-refractivity contribution is -0.140. The highest BCUT2D eigenvalue weighted by Gasteiger charge is 2.31. The molecule has 0 spiro atoms. The molecule has 1 aromatic carbocycles. The second-order valence-corrected chi connectivity index (χ2v) is 10.2. The van der Waals surface area contributed by atoms with Gasteiger partial charge in [0.15, 0.2) is 0 Å². The van der Waals surface area contributed by atoms with Crippen molar-refractivity contribution in [2.24, 2.45) is 0 Å². The van der Waals surface area contributed by atoms with Crippen molar-refractivity contribution in [3.63, 3.8) is 0 Å². The highest BCUT2D eigenvalue weighted by molar-refractivity contribution is 5.90. The van der Waals surface area contributed by atoms with Crippen LogP contribution in [-0.2, 0) is 14.3 Å². The average Bonchev–Trinajstić information content (AvgIpc) is 2.80. The minimum atomic E-state index is -0.915. The van der Waals surface area contributed by atoms with Gasteiger partial charge in [-0.2, -0.15) is 0 Å². The van der Waals surface area contributed by atoms with Crippen LogP contribution in [0.1, 0.15) is 104 Å². The van der Waals surface area contributed by atoms with Crippen molar-refractivity contribution in [1.29, 1.82) is 0 Å². The van der Waals surface area contributed by atoms with E-state index in [4.69, 9.17) is 4.74 Å². The highest BCUT2D eigenvalue weighted by Crippen LogP contribution is 2.25. The van der Waals surface area contributed by atoms with Gasteiger partial charge in [0.05, 0.1) is 0 Å². The van der Waals surface area contributed by atoms with Crippen molar-refractivity contribution in [3.05, 3.63) is 29.8 Å². The summed E-state index contributed by atoms with van der Waals surface area (Å²) in [4.78, 5) is 40.4. The standard InChI is InChI=1S/C28H47N3O5/c1-6-8-10-11-12-14-19-31(24(33)21-30-27(35)36-28(3,4)5)25(22-16-15-17-23(32)20-22)26(34)29-18-13-9-7-2/h15-17,20,25,32H,6-14,18-19,21H2,1-5H3,(H,29,34)(H,30,35). The third-order valence-electron chi connectivity index (χ3n) is 5.68. The zero-order valence-electron chi connectivity index (χ0n) is 22.9. The summed E-state index contributed by atoms with van der Waals surface area (Å²) in [5, 5.41) is 15.6. The first-order chi connectivity index (χ1) is 17.1. The van der Waals surface area contributed by atoms with Crippen LogP contribution in [0.3, 0.4) is 0 Å². The highest BCUT2D eigenvalue weighted by atomic mass is 16.6. The minimum Gasteiger partial charge on any atom is -0.508 e. The number of carbonyl (C=O) groups excluding carboxylic acids is 3. The maximum Gasteiger partial charge on any atom is 0.408 e. The van der Waals surface area contributed by atoms with E-state index in [1.165, 1.54) is 23.5 Å². The number of hydrogen-bond donors (Lipinski definition) is 3. The van der Waals surface area contributed by atoms with E-state index in [1.807, 2.05) is 0 Å². The van der Waals surface area contributed by atoms with Gasteiger partial charge in [-0.1, -0.05) is 70.9 Å². The fraction of sp³-hybridized carbons (Fsp3) is 0.679. The molecule has 36 heavy (non-hydrogen) atoms. The Hall–Kier alpha value is -2.77. The SMILES string of the molecule is CCCCCCCCN(C(=O)CNC(=O)OC(C)(C)C)C(C(=O)NCCCCC)c1cccc(O)c1. The van der Waals surface area contributed by atoms with Gasteiger partial charge in [-0.05, 0) is 51.3 Å². The Morgan fingerprint density at radius 3 is 2.22 bits per heavy atom. The first-order valence-electron chi connectivity index (χ1n) is 13.4. The molecule has 0 fully saturated rings. The monoisotopic (exact) mass is 505 g/mol. The van der Waals surface area contributed by atoms with E-state index in [0.29, 0.717) is 18.7 Å². The zero-order valence-corrected chi connectivity index (χ0v) is 22.9. The Balaban J connectivity index is 3.09. The van der Waals surface area contributed by atoms with Gasteiger partial charge in [0.2, 0.25) is 11.8 Å². The molecule has 0 radical (unpaired) electrons. The van der Waals surface area contributed by atoms with Gasteiger partial charge in [-0.3, -0.25) is 9.59 Å². The number of carbonyl (C=O) groups is 3. The number of hydrogen-bond acceptors (Lipinski definition) is 5. The molecule has 0 saturated heterocycles. The van der Waals surface area contributed by atoms with Crippen LogP contribution in [0.4, 0.5) is 4.79 Å². The summed E-state index contributed by atoms with van der Waals surface area (Å²) in [6.07, 6.45) is 8.39. The lowest BCUT2D eigenvalue weighted by atomic mass is 10.0. The summed E-state index contributed by atoms with van der Waals surface area (Å²) < 4.78 is 5.26. The zero-order chi connectivity index (χ0) is 27.0. The van der Waals surface area contributed by atoms with E-state index in [2.05, 4.69) is 24.5 Å². The Bertz CT molecular complexity index is 807. The molecule has 0 aliphatic carbocycles. The number of alkyl carbamates (subject to hydrolysis) is 1. The number of rotatable bonds is 16. The van der Waals surface area contributed by atoms with Crippen molar-refractivity contribution < 1.29 is 24.2 Å². The number of amides is 3. The van der Waals surface area contributed by atoms with Crippen LogP contribution in [0.15, 0.2) is 24.3 Å². The van der Waals surface area contributed by atoms with E-state index in [0.717, 1.165) is 51.4 Å². The molecule has 204 valence electrons. The van der Waals surface area contributed by atoms with E-state index < -0.39 is 17.7 Å². The summed E-state index contributed by atoms with van der Waals surface area (Å²) in [5.41, 5.74) is -0.159. The largest absolute Gasteiger partial charge is 0.508 e. The fourth-order valence-corrected chi connectivity index (χ4v) is 3.87. The van der Waals surface area contributed by atoms with Crippen LogP contribution in [0.25, 0.3) is 0 Å². The lowest BCUT2D eigenvalue weighted by Crippen LogP contribution is -2.48. The topological polar surface area (TPSA) is 108 Å². The first kappa shape index (κ1) is 31.3. The van der Waals surface area contributed by atoms with Gasteiger partial charge in [-0.15, -0.1) is 0 Å². The fourth-order valence-electron chi connectivity index (χ4n) is 3.87. The second kappa shape index (κ2) is 16.8. The Kier molecular flexibility index (Phi) is 14.6. The van der Waals surface area contributed by atoms with Gasteiger partial charge in [0.1, 0.15) is 23.9 Å². The average molecular weight is 506 g/mol. The molecule has 1 unspecified atom stereocenters. The van der Waals surface area contributed by atoms with Gasteiger partial charge in [-0.25, -0.2) is 4.79 Å². The number of aromatic hydroxyl groups is 1. The molecular formula is C28H47N3O5. The normalized spacial score (nSPS) is 12.0. The maximum atomic E-state index is 13.4. The summed E-state index contributed by atoms with van der Waals surface area (Å²) in [6, 6.07) is 5.53. The number of ether oxygens (including phenoxy) is 1. The molecular weight excluding hydrogens is 458 g/mol. The number of nitrogens with one attached hydrogen (secondary N) is 2. The first-order valence-corrected chi connectivity index (χ1v) is 13.4. The third kappa shape index (κ3) is 12.8. The van der Waals surface area contributed by atoms with E-state index in [9.17, 15) is 19.5 Å². The Labute approximate surface area is 217 Å². The molecule has 0 heterocycles. The van der Waals surface area contributed by atoms with E-state index in [-0.39, 0.29) is 24.1 Å². The van der Waals surface area contributed by atoms with Crippen LogP contribution in [-0.4, -0.2) is 53.1 Å². The van der Waals surface area contributed by atoms with Crippen LogP contribution >= 0.6 is 0 Å². The molecule has 0 aromatic heterocycles. The van der Waals surface area contributed by atoms with Gasteiger partial charge >= 0.3 is 6.09 Å². The molecule has 0 aliphatic heterocycles. The van der Waals surface area contributed by atoms with Crippen LogP contribution < -0.4 is 10.6 Å². The molecule has 1 rings (SSSR count). The van der Waals surface area contributed by atoms with E-state index in [1.54, 1.807) is 32.9 Å². The number of unbranched alkanes of at least 4 members (excludes halogenated alkanes) is 7. The predicted octanol–water partition coefficient (Wildman–Crippen LogP) is 5.45. The summed E-state index contributed by atoms with van der Waals surface area (Å²) in [5.74, 6) is -0.657. The molecule has 3 N–H and O–H groups in total. The Morgan fingerprint density at radius 1 is 0.944 bits per heavy atom. The minimum absolute atomic E-state index is 0.0233. The third-order valence-corrected chi connectivity index (χ3v) is 5.68. The van der Waals surface area contributed by atoms with E-state index >= 15 is 0 Å². The molecule has 0 saturated carbocycles. The van der Waals surface area contributed by atoms with Crippen LogP contribution in [0, 0.1) is 0 Å². The Morgan fingerprint density at radius 2 is 1.58 bits per heavy atom. The quantitative estimate of drug-likeness (QED) is 0.259. The molecule has 8 heteroatoms. The number of phenols is 1. The molecule has 8 nitrogen and oxygen atoms in total. The molecule has 0 bridgehead atoms. The molecule has 0 aliphatic rings. The summed E-state index contributed by atoms with van der Waals surface area (Å²) in [7, 11) is 0.